The summed E-state index contributed by atoms with van der Waals surface area (Å²) in [5, 5.41) is 8.94. The molecule has 0 bridgehead atoms. The average Bonchev–Trinajstić information content (AvgIpc) is 3.32. The first kappa shape index (κ1) is 23.1. The Hall–Kier alpha value is -2.61. The molecule has 1 aliphatic heterocycles. The number of nitrogens with two attached hydrogens (primary N) is 1. The highest BCUT2D eigenvalue weighted by Crippen LogP contribution is 2.27. The Bertz CT molecular complexity index is 880. The number of pyridine rings is 1. The van der Waals surface area contributed by atoms with Crippen LogP contribution in [0.1, 0.15) is 44.1 Å². The predicted octanol–water partition coefficient (Wildman–Crippen LogP) is 2.88. The van der Waals surface area contributed by atoms with Gasteiger partial charge in [-0.1, -0.05) is 26.0 Å². The van der Waals surface area contributed by atoms with Gasteiger partial charge in [-0.05, 0) is 37.3 Å². The summed E-state index contributed by atoms with van der Waals surface area (Å²) in [5.74, 6) is 1.33. The Labute approximate surface area is 189 Å². The van der Waals surface area contributed by atoms with Crippen LogP contribution >= 0.6 is 11.3 Å². The number of anilines is 1. The summed E-state index contributed by atoms with van der Waals surface area (Å²) in [6.07, 6.45) is 3.58. The van der Waals surface area contributed by atoms with E-state index >= 15 is 0 Å². The fourth-order valence-electron chi connectivity index (χ4n) is 3.80. The van der Waals surface area contributed by atoms with Gasteiger partial charge in [-0.2, -0.15) is 0 Å². The number of piperidine rings is 1. The van der Waals surface area contributed by atoms with Crippen LogP contribution in [-0.4, -0.2) is 43.0 Å². The molecular weight excluding hydrogens is 408 g/mol. The lowest BCUT2D eigenvalue weighted by Crippen LogP contribution is -2.43. The molecule has 1 amide bonds. The first-order valence-electron chi connectivity index (χ1n) is 10.9. The third-order valence-electron chi connectivity index (χ3n) is 5.63. The molecule has 4 N–H and O–H groups in total. The molecule has 1 fully saturated rings. The standard InChI is InChI=1S/C23H34N6OS/c1-4-25-22(28-16-23(2,3)19-10-7-13-31-19)27-14-17-8-5-11-26-21(17)29-12-6-9-18(15-29)20(24)30/h5,7-8,10-11,13,18H,4,6,9,12,14-16H2,1-3H3,(H2,24,30)(H2,25,27,28). The molecule has 2 aromatic rings. The van der Waals surface area contributed by atoms with Crippen molar-refractivity contribution in [2.45, 2.75) is 45.6 Å². The van der Waals surface area contributed by atoms with E-state index in [9.17, 15) is 4.79 Å². The van der Waals surface area contributed by atoms with Gasteiger partial charge in [-0.15, -0.1) is 11.3 Å². The zero-order valence-corrected chi connectivity index (χ0v) is 19.5. The number of primary amides is 1. The maximum atomic E-state index is 11.7. The van der Waals surface area contributed by atoms with E-state index in [1.54, 1.807) is 17.5 Å². The van der Waals surface area contributed by atoms with Gasteiger partial charge in [-0.3, -0.25) is 4.79 Å². The normalized spacial score (nSPS) is 17.5. The lowest BCUT2D eigenvalue weighted by atomic mass is 9.91. The molecule has 0 spiro atoms. The second kappa shape index (κ2) is 10.6. The summed E-state index contributed by atoms with van der Waals surface area (Å²) < 4.78 is 0. The number of amides is 1. The number of aromatic nitrogens is 1. The number of carbonyl (C=O) groups is 1. The van der Waals surface area contributed by atoms with Crippen LogP contribution in [-0.2, 0) is 16.8 Å². The number of carbonyl (C=O) groups excluding carboxylic acids is 1. The fourth-order valence-corrected chi connectivity index (χ4v) is 4.65. The van der Waals surface area contributed by atoms with Gasteiger partial charge in [-0.25, -0.2) is 9.98 Å². The molecule has 8 heteroatoms. The molecule has 7 nitrogen and oxygen atoms in total. The average molecular weight is 443 g/mol. The summed E-state index contributed by atoms with van der Waals surface area (Å²) >= 11 is 1.78. The first-order chi connectivity index (χ1) is 14.9. The number of nitrogens with zero attached hydrogens (tertiary/aromatic N) is 3. The van der Waals surface area contributed by atoms with E-state index in [1.165, 1.54) is 4.88 Å². The second-order valence-electron chi connectivity index (χ2n) is 8.58. The minimum Gasteiger partial charge on any atom is -0.369 e. The molecule has 2 aromatic heterocycles. The smallest absolute Gasteiger partial charge is 0.222 e. The van der Waals surface area contributed by atoms with Crippen LogP contribution in [0.25, 0.3) is 0 Å². The Kier molecular flexibility index (Phi) is 7.90. The number of thiophene rings is 1. The van der Waals surface area contributed by atoms with Crippen molar-refractivity contribution >= 4 is 29.0 Å². The van der Waals surface area contributed by atoms with Gasteiger partial charge in [0.2, 0.25) is 5.91 Å². The van der Waals surface area contributed by atoms with Gasteiger partial charge >= 0.3 is 0 Å². The van der Waals surface area contributed by atoms with Crippen molar-refractivity contribution in [1.82, 2.24) is 15.6 Å². The van der Waals surface area contributed by atoms with Crippen LogP contribution in [0, 0.1) is 5.92 Å². The molecule has 0 aromatic carbocycles. The van der Waals surface area contributed by atoms with Crippen molar-refractivity contribution in [2.75, 3.05) is 31.1 Å². The topological polar surface area (TPSA) is 95.6 Å². The summed E-state index contributed by atoms with van der Waals surface area (Å²) in [6, 6.07) is 8.26. The van der Waals surface area contributed by atoms with Gasteiger partial charge in [0, 0.05) is 48.2 Å². The van der Waals surface area contributed by atoms with Crippen LogP contribution in [0.4, 0.5) is 5.82 Å². The van der Waals surface area contributed by atoms with Crippen molar-refractivity contribution in [2.24, 2.45) is 16.6 Å². The Morgan fingerprint density at radius 3 is 2.90 bits per heavy atom. The van der Waals surface area contributed by atoms with E-state index in [0.29, 0.717) is 13.1 Å². The molecule has 1 atom stereocenters. The summed E-state index contributed by atoms with van der Waals surface area (Å²) in [4.78, 5) is 24.6. The zero-order chi connectivity index (χ0) is 22.3. The third-order valence-corrected chi connectivity index (χ3v) is 6.86. The number of hydrogen-bond donors (Lipinski definition) is 3. The maximum Gasteiger partial charge on any atom is 0.222 e. The fraction of sp³-hybridized carbons (Fsp3) is 0.522. The number of rotatable bonds is 8. The number of guanidine groups is 1. The molecule has 31 heavy (non-hydrogen) atoms. The van der Waals surface area contributed by atoms with Gasteiger partial charge < -0.3 is 21.3 Å². The minimum atomic E-state index is -0.229. The molecule has 3 heterocycles. The van der Waals surface area contributed by atoms with E-state index in [1.807, 2.05) is 6.07 Å². The lowest BCUT2D eigenvalue weighted by molar-refractivity contribution is -0.122. The molecule has 1 aliphatic rings. The molecule has 0 aliphatic carbocycles. The highest BCUT2D eigenvalue weighted by molar-refractivity contribution is 7.10. The molecule has 0 saturated carbocycles. The molecule has 1 saturated heterocycles. The van der Waals surface area contributed by atoms with Crippen LogP contribution in [0.5, 0.6) is 0 Å². The molecular formula is C23H34N6OS. The van der Waals surface area contributed by atoms with E-state index < -0.39 is 0 Å². The van der Waals surface area contributed by atoms with Crippen molar-refractivity contribution in [1.29, 1.82) is 0 Å². The van der Waals surface area contributed by atoms with Crippen LogP contribution in [0.2, 0.25) is 0 Å². The van der Waals surface area contributed by atoms with Crippen molar-refractivity contribution in [3.8, 4) is 0 Å². The van der Waals surface area contributed by atoms with Gasteiger partial charge in [0.1, 0.15) is 5.82 Å². The van der Waals surface area contributed by atoms with Crippen molar-refractivity contribution < 1.29 is 4.79 Å². The first-order valence-corrected chi connectivity index (χ1v) is 11.8. The minimum absolute atomic E-state index is 0.0153. The molecule has 1 unspecified atom stereocenters. The monoisotopic (exact) mass is 442 g/mol. The number of nitrogens with one attached hydrogen (secondary N) is 2. The van der Waals surface area contributed by atoms with E-state index in [0.717, 1.165) is 49.8 Å². The quantitative estimate of drug-likeness (QED) is 0.432. The van der Waals surface area contributed by atoms with Crippen LogP contribution in [0.3, 0.4) is 0 Å². The highest BCUT2D eigenvalue weighted by atomic mass is 32.1. The lowest BCUT2D eigenvalue weighted by Gasteiger charge is -2.33. The SMILES string of the molecule is CCNC(=NCc1cccnc1N1CCCC(C(N)=O)C1)NCC(C)(C)c1cccs1. The van der Waals surface area contributed by atoms with Gasteiger partial charge in [0.05, 0.1) is 12.5 Å². The van der Waals surface area contributed by atoms with Gasteiger partial charge in [0.15, 0.2) is 5.96 Å². The maximum absolute atomic E-state index is 11.7. The molecule has 3 rings (SSSR count). The largest absolute Gasteiger partial charge is 0.369 e. The highest BCUT2D eigenvalue weighted by Gasteiger charge is 2.26. The number of hydrogen-bond acceptors (Lipinski definition) is 5. The van der Waals surface area contributed by atoms with E-state index in [4.69, 9.17) is 10.7 Å². The number of aliphatic imine (C=N–C) groups is 1. The van der Waals surface area contributed by atoms with Crippen LogP contribution < -0.4 is 21.3 Å². The zero-order valence-electron chi connectivity index (χ0n) is 18.7. The Morgan fingerprint density at radius 1 is 1.35 bits per heavy atom. The van der Waals surface area contributed by atoms with Crippen molar-refractivity contribution in [3.63, 3.8) is 0 Å². The van der Waals surface area contributed by atoms with E-state index in [2.05, 4.69) is 64.9 Å². The molecule has 0 radical (unpaired) electrons. The van der Waals surface area contributed by atoms with E-state index in [-0.39, 0.29) is 17.2 Å². The Morgan fingerprint density at radius 2 is 2.19 bits per heavy atom. The predicted molar refractivity (Wildman–Crippen MR) is 129 cm³/mol. The third kappa shape index (κ3) is 6.19. The summed E-state index contributed by atoms with van der Waals surface area (Å²) in [5.41, 5.74) is 6.62. The van der Waals surface area contributed by atoms with Gasteiger partial charge in [0.25, 0.3) is 0 Å². The summed E-state index contributed by atoms with van der Waals surface area (Å²) in [7, 11) is 0. The summed E-state index contributed by atoms with van der Waals surface area (Å²) in [6.45, 7) is 10.1. The second-order valence-corrected chi connectivity index (χ2v) is 9.53. The Balaban J connectivity index is 1.70. The van der Waals surface area contributed by atoms with Crippen molar-refractivity contribution in [3.05, 3.63) is 46.3 Å². The molecule has 168 valence electrons. The van der Waals surface area contributed by atoms with Crippen LogP contribution in [0.15, 0.2) is 40.8 Å².